The third-order valence-corrected chi connectivity index (χ3v) is 6.94. The van der Waals surface area contributed by atoms with Gasteiger partial charge >= 0.3 is 5.97 Å². The summed E-state index contributed by atoms with van der Waals surface area (Å²) in [7, 11) is 1.28. The number of aromatic hydroxyl groups is 1. The molecule has 0 saturated carbocycles. The SMILES string of the molecule is CCOc1ccc([C@@H]2C(C(=O)OC)=CN=c3s/c(=C\c4cc(Cl)c(O)c(OCC)c4)c(=O)n32)cc1OCC. The number of methoxy groups -OCH3 is 1. The lowest BCUT2D eigenvalue weighted by molar-refractivity contribution is -0.136. The number of fused-ring (bicyclic) bond motifs is 1. The fraction of sp³-hybridized carbons (Fsp3) is 0.296. The van der Waals surface area contributed by atoms with Crippen LogP contribution in [0.4, 0.5) is 0 Å². The minimum absolute atomic E-state index is 0.0960. The van der Waals surface area contributed by atoms with Crippen LogP contribution in [0.3, 0.4) is 0 Å². The quantitative estimate of drug-likeness (QED) is 0.400. The molecule has 0 radical (unpaired) electrons. The molecule has 1 atom stereocenters. The summed E-state index contributed by atoms with van der Waals surface area (Å²) in [5.41, 5.74) is 1.03. The molecule has 0 spiro atoms. The van der Waals surface area contributed by atoms with E-state index in [4.69, 9.17) is 30.5 Å². The highest BCUT2D eigenvalue weighted by Gasteiger charge is 2.31. The maximum absolute atomic E-state index is 13.7. The number of aromatic nitrogens is 1. The molecule has 1 N–H and O–H groups in total. The number of carbonyl (C=O) groups is 1. The molecule has 2 aromatic carbocycles. The Morgan fingerprint density at radius 3 is 2.45 bits per heavy atom. The Kier molecular flexibility index (Phi) is 8.43. The molecule has 0 saturated heterocycles. The summed E-state index contributed by atoms with van der Waals surface area (Å²) in [5.74, 6) is 0.491. The maximum Gasteiger partial charge on any atom is 0.337 e. The van der Waals surface area contributed by atoms with Gasteiger partial charge in [-0.15, -0.1) is 0 Å². The lowest BCUT2D eigenvalue weighted by atomic mass is 9.97. The maximum atomic E-state index is 13.7. The Morgan fingerprint density at radius 1 is 1.08 bits per heavy atom. The van der Waals surface area contributed by atoms with Crippen LogP contribution in [0, 0.1) is 0 Å². The number of hydrogen-bond acceptors (Lipinski definition) is 9. The molecule has 2 heterocycles. The van der Waals surface area contributed by atoms with E-state index >= 15 is 0 Å². The van der Waals surface area contributed by atoms with Crippen LogP contribution in [-0.2, 0) is 9.53 Å². The standard InChI is InChI=1S/C27H27ClN2O7S/c1-5-35-19-9-8-16(13-20(19)36-6-2)23-17(26(33)34-4)14-29-27-30(23)25(32)22(38-27)12-15-10-18(28)24(31)21(11-15)37-7-3/h8-14,23,31H,5-7H2,1-4H3/b22-12-/t23-/m1/s1. The molecule has 0 fully saturated rings. The summed E-state index contributed by atoms with van der Waals surface area (Å²) in [6.45, 7) is 6.71. The Labute approximate surface area is 227 Å². The molecule has 200 valence electrons. The first kappa shape index (κ1) is 27.3. The average molecular weight is 559 g/mol. The van der Waals surface area contributed by atoms with E-state index in [-0.39, 0.29) is 27.7 Å². The monoisotopic (exact) mass is 558 g/mol. The van der Waals surface area contributed by atoms with Gasteiger partial charge in [0.25, 0.3) is 5.56 Å². The lowest BCUT2D eigenvalue weighted by Gasteiger charge is -2.23. The number of halogens is 1. The molecule has 1 aromatic heterocycles. The number of thiazole rings is 1. The van der Waals surface area contributed by atoms with Gasteiger partial charge in [0, 0.05) is 6.20 Å². The first-order valence-corrected chi connectivity index (χ1v) is 13.2. The van der Waals surface area contributed by atoms with E-state index < -0.39 is 12.0 Å². The van der Waals surface area contributed by atoms with Crippen LogP contribution in [0.1, 0.15) is 37.9 Å². The van der Waals surface area contributed by atoms with Gasteiger partial charge in [-0.05, 0) is 62.2 Å². The number of ether oxygens (including phenoxy) is 4. The van der Waals surface area contributed by atoms with Crippen molar-refractivity contribution in [3.63, 3.8) is 0 Å². The Morgan fingerprint density at radius 2 is 1.76 bits per heavy atom. The first-order chi connectivity index (χ1) is 18.3. The molecule has 1 aliphatic rings. The summed E-state index contributed by atoms with van der Waals surface area (Å²) >= 11 is 7.34. The van der Waals surface area contributed by atoms with E-state index in [1.807, 2.05) is 13.8 Å². The molecule has 0 bridgehead atoms. The van der Waals surface area contributed by atoms with E-state index in [0.717, 1.165) is 11.3 Å². The van der Waals surface area contributed by atoms with Gasteiger partial charge in [-0.25, -0.2) is 9.79 Å². The van der Waals surface area contributed by atoms with Gasteiger partial charge in [0.2, 0.25) is 0 Å². The highest BCUT2D eigenvalue weighted by atomic mass is 35.5. The third kappa shape index (κ3) is 5.27. The number of rotatable bonds is 9. The van der Waals surface area contributed by atoms with Crippen LogP contribution < -0.4 is 29.1 Å². The van der Waals surface area contributed by atoms with Gasteiger partial charge in [-0.1, -0.05) is 29.0 Å². The van der Waals surface area contributed by atoms with Gasteiger partial charge in [-0.2, -0.15) is 0 Å². The molecular formula is C27H27ClN2O7S. The summed E-state index contributed by atoms with van der Waals surface area (Å²) in [4.78, 5) is 31.3. The van der Waals surface area contributed by atoms with E-state index in [1.165, 1.54) is 23.9 Å². The van der Waals surface area contributed by atoms with Gasteiger partial charge in [0.15, 0.2) is 27.8 Å². The van der Waals surface area contributed by atoms with Gasteiger partial charge in [0.1, 0.15) is 0 Å². The van der Waals surface area contributed by atoms with Crippen molar-refractivity contribution >= 4 is 35.0 Å². The van der Waals surface area contributed by atoms with Crippen molar-refractivity contribution in [2.45, 2.75) is 26.8 Å². The van der Waals surface area contributed by atoms with Crippen LogP contribution in [0.25, 0.3) is 6.08 Å². The van der Waals surface area contributed by atoms with Crippen LogP contribution in [0.2, 0.25) is 5.02 Å². The zero-order valence-corrected chi connectivity index (χ0v) is 22.9. The molecule has 11 heteroatoms. The Bertz CT molecular complexity index is 1580. The summed E-state index contributed by atoms with van der Waals surface area (Å²) in [6, 6.07) is 7.62. The average Bonchev–Trinajstić information content (AvgIpc) is 3.22. The van der Waals surface area contributed by atoms with E-state index in [9.17, 15) is 14.7 Å². The van der Waals surface area contributed by atoms with Crippen LogP contribution in [0.15, 0.2) is 51.9 Å². The molecular weight excluding hydrogens is 532 g/mol. The van der Waals surface area contributed by atoms with Crippen molar-refractivity contribution < 1.29 is 28.8 Å². The largest absolute Gasteiger partial charge is 0.503 e. The second-order valence-corrected chi connectivity index (χ2v) is 9.45. The molecule has 0 amide bonds. The number of esters is 1. The predicted octanol–water partition coefficient (Wildman–Crippen LogP) is 3.57. The van der Waals surface area contributed by atoms with Crippen molar-refractivity contribution in [2.24, 2.45) is 4.99 Å². The molecule has 3 aromatic rings. The smallest absolute Gasteiger partial charge is 0.337 e. The number of carbonyl (C=O) groups excluding carboxylic acids is 1. The van der Waals surface area contributed by atoms with Gasteiger partial charge < -0.3 is 24.1 Å². The second kappa shape index (κ2) is 11.7. The minimum atomic E-state index is -0.807. The normalized spacial score (nSPS) is 14.8. The van der Waals surface area contributed by atoms with Crippen LogP contribution in [-0.4, -0.2) is 42.6 Å². The topological polar surface area (TPSA) is 109 Å². The van der Waals surface area contributed by atoms with Crippen molar-refractivity contribution in [1.29, 1.82) is 0 Å². The highest BCUT2D eigenvalue weighted by molar-refractivity contribution is 7.07. The number of nitrogens with zero attached hydrogens (tertiary/aromatic N) is 2. The summed E-state index contributed by atoms with van der Waals surface area (Å²) < 4.78 is 23.7. The number of phenols is 1. The van der Waals surface area contributed by atoms with Crippen molar-refractivity contribution in [3.05, 3.63) is 77.9 Å². The van der Waals surface area contributed by atoms with E-state index in [2.05, 4.69) is 4.99 Å². The van der Waals surface area contributed by atoms with E-state index in [1.54, 1.807) is 37.3 Å². The first-order valence-electron chi connectivity index (χ1n) is 12.0. The zero-order chi connectivity index (χ0) is 27.4. The van der Waals surface area contributed by atoms with Crippen molar-refractivity contribution in [2.75, 3.05) is 26.9 Å². The Hall–Kier alpha value is -3.76. The molecule has 9 nitrogen and oxygen atoms in total. The second-order valence-electron chi connectivity index (χ2n) is 8.03. The number of phenolic OH excluding ortho intramolecular Hbond substituents is 1. The van der Waals surface area contributed by atoms with Crippen molar-refractivity contribution in [3.8, 4) is 23.0 Å². The predicted molar refractivity (Wildman–Crippen MR) is 144 cm³/mol. The fourth-order valence-electron chi connectivity index (χ4n) is 4.08. The molecule has 4 rings (SSSR count). The molecule has 0 aliphatic carbocycles. The summed E-state index contributed by atoms with van der Waals surface area (Å²) in [6.07, 6.45) is 3.06. The van der Waals surface area contributed by atoms with Gasteiger partial charge in [0.05, 0.1) is 48.1 Å². The fourth-order valence-corrected chi connectivity index (χ4v) is 5.27. The minimum Gasteiger partial charge on any atom is -0.503 e. The van der Waals surface area contributed by atoms with Gasteiger partial charge in [-0.3, -0.25) is 9.36 Å². The molecule has 0 unspecified atom stereocenters. The number of benzene rings is 2. The molecule has 1 aliphatic heterocycles. The third-order valence-electron chi connectivity index (χ3n) is 5.66. The Balaban J connectivity index is 1.90. The van der Waals surface area contributed by atoms with Crippen molar-refractivity contribution in [1.82, 2.24) is 4.57 Å². The highest BCUT2D eigenvalue weighted by Crippen LogP contribution is 2.36. The lowest BCUT2D eigenvalue weighted by Crippen LogP contribution is -2.39. The number of hydrogen-bond donors (Lipinski definition) is 1. The van der Waals surface area contributed by atoms with E-state index in [0.29, 0.717) is 51.8 Å². The van der Waals surface area contributed by atoms with Crippen LogP contribution >= 0.6 is 22.9 Å². The molecule has 38 heavy (non-hydrogen) atoms. The summed E-state index contributed by atoms with van der Waals surface area (Å²) in [5, 5.41) is 10.3. The zero-order valence-electron chi connectivity index (χ0n) is 21.3. The van der Waals surface area contributed by atoms with Crippen LogP contribution in [0.5, 0.6) is 23.0 Å².